The van der Waals surface area contributed by atoms with Gasteiger partial charge >= 0.3 is 0 Å². The van der Waals surface area contributed by atoms with E-state index in [9.17, 15) is 0 Å². The number of aryl methyl sites for hydroxylation is 2. The molecule has 0 aromatic heterocycles. The summed E-state index contributed by atoms with van der Waals surface area (Å²) < 4.78 is 0. The molecule has 20 heavy (non-hydrogen) atoms. The van der Waals surface area contributed by atoms with Crippen molar-refractivity contribution >= 4 is 11.4 Å². The third kappa shape index (κ3) is 2.51. The smallest absolute Gasteiger partial charge is 0.0369 e. The SMILES string of the molecule is Cc1ccc(N2CCC(c3ccc(N)cc3)C2)cc1C. The van der Waals surface area contributed by atoms with E-state index in [0.717, 1.165) is 18.8 Å². The molecule has 0 saturated carbocycles. The molecule has 1 unspecified atom stereocenters. The Hall–Kier alpha value is -1.96. The number of nitrogens with zero attached hydrogens (tertiary/aromatic N) is 1. The number of nitrogen functional groups attached to an aromatic ring is 1. The molecule has 2 aromatic rings. The van der Waals surface area contributed by atoms with E-state index in [-0.39, 0.29) is 0 Å². The van der Waals surface area contributed by atoms with Crippen molar-refractivity contribution in [2.24, 2.45) is 0 Å². The summed E-state index contributed by atoms with van der Waals surface area (Å²) in [4.78, 5) is 2.49. The van der Waals surface area contributed by atoms with Crippen LogP contribution in [0.25, 0.3) is 0 Å². The van der Waals surface area contributed by atoms with Crippen LogP contribution in [0.5, 0.6) is 0 Å². The minimum atomic E-state index is 0.622. The van der Waals surface area contributed by atoms with Gasteiger partial charge in [0.15, 0.2) is 0 Å². The van der Waals surface area contributed by atoms with E-state index in [1.165, 1.54) is 28.8 Å². The lowest BCUT2D eigenvalue weighted by Gasteiger charge is -2.20. The number of nitrogens with two attached hydrogens (primary N) is 1. The first-order valence-corrected chi connectivity index (χ1v) is 7.31. The molecule has 2 nitrogen and oxygen atoms in total. The Labute approximate surface area is 121 Å². The van der Waals surface area contributed by atoms with Gasteiger partial charge in [0.25, 0.3) is 0 Å². The molecule has 104 valence electrons. The third-order valence-electron chi connectivity index (χ3n) is 4.45. The zero-order valence-corrected chi connectivity index (χ0v) is 12.3. The van der Waals surface area contributed by atoms with Crippen LogP contribution in [0.2, 0.25) is 0 Å². The molecule has 0 aliphatic carbocycles. The van der Waals surface area contributed by atoms with E-state index in [2.05, 4.69) is 49.1 Å². The molecule has 0 spiro atoms. The van der Waals surface area contributed by atoms with E-state index < -0.39 is 0 Å². The van der Waals surface area contributed by atoms with Crippen LogP contribution in [0, 0.1) is 13.8 Å². The number of anilines is 2. The molecule has 3 rings (SSSR count). The van der Waals surface area contributed by atoms with Gasteiger partial charge in [-0.15, -0.1) is 0 Å². The Morgan fingerprint density at radius 2 is 1.75 bits per heavy atom. The van der Waals surface area contributed by atoms with E-state index in [4.69, 9.17) is 5.73 Å². The highest BCUT2D eigenvalue weighted by Crippen LogP contribution is 2.31. The summed E-state index contributed by atoms with van der Waals surface area (Å²) in [5.74, 6) is 0.622. The molecule has 2 N–H and O–H groups in total. The van der Waals surface area contributed by atoms with Crippen LogP contribution in [-0.2, 0) is 0 Å². The molecule has 0 amide bonds. The monoisotopic (exact) mass is 266 g/mol. The van der Waals surface area contributed by atoms with Crippen LogP contribution in [0.3, 0.4) is 0 Å². The normalized spacial score (nSPS) is 18.5. The van der Waals surface area contributed by atoms with Gasteiger partial charge in [-0.2, -0.15) is 0 Å². The van der Waals surface area contributed by atoms with Crippen LogP contribution < -0.4 is 10.6 Å². The van der Waals surface area contributed by atoms with Crippen LogP contribution >= 0.6 is 0 Å². The molecule has 1 aliphatic heterocycles. The highest BCUT2D eigenvalue weighted by molar-refractivity contribution is 5.52. The molecular formula is C18H22N2. The number of rotatable bonds is 2. The van der Waals surface area contributed by atoms with Crippen LogP contribution in [0.15, 0.2) is 42.5 Å². The molecule has 2 heteroatoms. The Kier molecular flexibility index (Phi) is 3.39. The molecule has 0 radical (unpaired) electrons. The number of hydrogen-bond donors (Lipinski definition) is 1. The summed E-state index contributed by atoms with van der Waals surface area (Å²) in [6.07, 6.45) is 1.22. The Morgan fingerprint density at radius 1 is 1.00 bits per heavy atom. The maximum atomic E-state index is 5.76. The lowest BCUT2D eigenvalue weighted by molar-refractivity contribution is 0.775. The zero-order valence-electron chi connectivity index (χ0n) is 12.3. The van der Waals surface area contributed by atoms with Crippen molar-refractivity contribution in [3.8, 4) is 0 Å². The van der Waals surface area contributed by atoms with Gasteiger partial charge in [-0.3, -0.25) is 0 Å². The Bertz CT molecular complexity index is 601. The lowest BCUT2D eigenvalue weighted by atomic mass is 9.98. The number of hydrogen-bond acceptors (Lipinski definition) is 2. The van der Waals surface area contributed by atoms with Gasteiger partial charge < -0.3 is 10.6 Å². The average molecular weight is 266 g/mol. The highest BCUT2D eigenvalue weighted by Gasteiger charge is 2.24. The van der Waals surface area contributed by atoms with Gasteiger partial charge in [-0.05, 0) is 61.2 Å². The Morgan fingerprint density at radius 3 is 2.45 bits per heavy atom. The fourth-order valence-corrected chi connectivity index (χ4v) is 2.96. The van der Waals surface area contributed by atoms with E-state index >= 15 is 0 Å². The minimum Gasteiger partial charge on any atom is -0.399 e. The second-order valence-corrected chi connectivity index (χ2v) is 5.87. The maximum Gasteiger partial charge on any atom is 0.0369 e. The quantitative estimate of drug-likeness (QED) is 0.836. The molecule has 2 aromatic carbocycles. The summed E-state index contributed by atoms with van der Waals surface area (Å²) in [6, 6.07) is 15.1. The first-order valence-electron chi connectivity index (χ1n) is 7.31. The van der Waals surface area contributed by atoms with Gasteiger partial charge in [0.1, 0.15) is 0 Å². The molecular weight excluding hydrogens is 244 g/mol. The Balaban J connectivity index is 1.76. The molecule has 1 heterocycles. The standard InChI is InChI=1S/C18H22N2/c1-13-3-8-18(11-14(13)2)20-10-9-16(12-20)15-4-6-17(19)7-5-15/h3-8,11,16H,9-10,12,19H2,1-2H3. The predicted molar refractivity (Wildman–Crippen MR) is 86.3 cm³/mol. The molecule has 1 fully saturated rings. The van der Waals surface area contributed by atoms with Gasteiger partial charge in [-0.1, -0.05) is 18.2 Å². The van der Waals surface area contributed by atoms with Gasteiger partial charge in [0, 0.05) is 30.4 Å². The van der Waals surface area contributed by atoms with Crippen LogP contribution in [0.4, 0.5) is 11.4 Å². The summed E-state index contributed by atoms with van der Waals surface area (Å²) >= 11 is 0. The van der Waals surface area contributed by atoms with E-state index in [1.54, 1.807) is 0 Å². The van der Waals surface area contributed by atoms with Crippen molar-refractivity contribution in [1.82, 2.24) is 0 Å². The zero-order chi connectivity index (χ0) is 14.1. The maximum absolute atomic E-state index is 5.76. The van der Waals surface area contributed by atoms with E-state index in [1.807, 2.05) is 12.1 Å². The first-order chi connectivity index (χ1) is 9.63. The van der Waals surface area contributed by atoms with Gasteiger partial charge in [0.05, 0.1) is 0 Å². The fourth-order valence-electron chi connectivity index (χ4n) is 2.96. The highest BCUT2D eigenvalue weighted by atomic mass is 15.1. The minimum absolute atomic E-state index is 0.622. The van der Waals surface area contributed by atoms with E-state index in [0.29, 0.717) is 5.92 Å². The summed E-state index contributed by atoms with van der Waals surface area (Å²) in [5.41, 5.74) is 12.1. The van der Waals surface area contributed by atoms with Crippen molar-refractivity contribution in [1.29, 1.82) is 0 Å². The second-order valence-electron chi connectivity index (χ2n) is 5.87. The van der Waals surface area contributed by atoms with Crippen LogP contribution in [-0.4, -0.2) is 13.1 Å². The fraction of sp³-hybridized carbons (Fsp3) is 0.333. The number of benzene rings is 2. The van der Waals surface area contributed by atoms with Crippen molar-refractivity contribution < 1.29 is 0 Å². The van der Waals surface area contributed by atoms with Gasteiger partial charge in [0.2, 0.25) is 0 Å². The van der Waals surface area contributed by atoms with Gasteiger partial charge in [-0.25, -0.2) is 0 Å². The van der Waals surface area contributed by atoms with Crippen LogP contribution in [0.1, 0.15) is 29.0 Å². The average Bonchev–Trinajstić information content (AvgIpc) is 2.92. The topological polar surface area (TPSA) is 29.3 Å². The van der Waals surface area contributed by atoms with Crippen molar-refractivity contribution in [2.75, 3.05) is 23.7 Å². The second kappa shape index (κ2) is 5.20. The largest absolute Gasteiger partial charge is 0.399 e. The predicted octanol–water partition coefficient (Wildman–Crippen LogP) is 3.88. The molecule has 1 atom stereocenters. The summed E-state index contributed by atoms with van der Waals surface area (Å²) in [5, 5.41) is 0. The van der Waals surface area contributed by atoms with Crippen molar-refractivity contribution in [2.45, 2.75) is 26.2 Å². The molecule has 1 saturated heterocycles. The summed E-state index contributed by atoms with van der Waals surface area (Å²) in [6.45, 7) is 6.59. The molecule has 1 aliphatic rings. The lowest BCUT2D eigenvalue weighted by Crippen LogP contribution is -2.19. The van der Waals surface area contributed by atoms with Crippen molar-refractivity contribution in [3.05, 3.63) is 59.2 Å². The summed E-state index contributed by atoms with van der Waals surface area (Å²) in [7, 11) is 0. The molecule has 0 bridgehead atoms. The first kappa shape index (κ1) is 13.0. The van der Waals surface area contributed by atoms with Crippen molar-refractivity contribution in [3.63, 3.8) is 0 Å². The third-order valence-corrected chi connectivity index (χ3v) is 4.45.